The lowest BCUT2D eigenvalue weighted by Gasteiger charge is -2.29. The van der Waals surface area contributed by atoms with Crippen molar-refractivity contribution in [3.63, 3.8) is 0 Å². The summed E-state index contributed by atoms with van der Waals surface area (Å²) in [6.45, 7) is 8.64. The van der Waals surface area contributed by atoms with Crippen LogP contribution in [0.25, 0.3) is 10.8 Å². The molecule has 0 aliphatic carbocycles. The van der Waals surface area contributed by atoms with Gasteiger partial charge in [-0.3, -0.25) is 4.90 Å². The van der Waals surface area contributed by atoms with Crippen LogP contribution in [-0.2, 0) is 6.54 Å². The highest BCUT2D eigenvalue weighted by Gasteiger charge is 2.16. The molecule has 2 aromatic carbocycles. The molecule has 0 aliphatic rings. The number of aromatic hydroxyl groups is 1. The standard InChI is InChI=1S/C19H27NO/c1-4-6-13-20(15(3)5-2)14-18-17-10-8-7-9-16(17)11-12-19(18)21/h7-12,15,21H,4-6,13-14H2,1-3H3. The fourth-order valence-corrected chi connectivity index (χ4v) is 2.77. The van der Waals surface area contributed by atoms with Crippen LogP contribution in [0.2, 0.25) is 0 Å². The summed E-state index contributed by atoms with van der Waals surface area (Å²) in [7, 11) is 0. The maximum Gasteiger partial charge on any atom is 0.120 e. The second-order valence-corrected chi connectivity index (χ2v) is 5.87. The number of hydrogen-bond donors (Lipinski definition) is 1. The summed E-state index contributed by atoms with van der Waals surface area (Å²) < 4.78 is 0. The quantitative estimate of drug-likeness (QED) is 0.778. The van der Waals surface area contributed by atoms with Gasteiger partial charge in [-0.1, -0.05) is 50.6 Å². The first-order chi connectivity index (χ1) is 10.2. The monoisotopic (exact) mass is 285 g/mol. The van der Waals surface area contributed by atoms with Crippen LogP contribution >= 0.6 is 0 Å². The van der Waals surface area contributed by atoms with Crippen LogP contribution in [0.5, 0.6) is 5.75 Å². The van der Waals surface area contributed by atoms with Crippen molar-refractivity contribution in [3.8, 4) is 5.75 Å². The van der Waals surface area contributed by atoms with E-state index in [0.29, 0.717) is 11.8 Å². The van der Waals surface area contributed by atoms with Crippen LogP contribution in [0, 0.1) is 0 Å². The van der Waals surface area contributed by atoms with Gasteiger partial charge >= 0.3 is 0 Å². The van der Waals surface area contributed by atoms with Crippen molar-refractivity contribution in [1.29, 1.82) is 0 Å². The summed E-state index contributed by atoms with van der Waals surface area (Å²) in [6.07, 6.45) is 3.54. The maximum absolute atomic E-state index is 10.3. The number of rotatable bonds is 7. The van der Waals surface area contributed by atoms with Gasteiger partial charge in [0.15, 0.2) is 0 Å². The van der Waals surface area contributed by atoms with Gasteiger partial charge in [0.25, 0.3) is 0 Å². The van der Waals surface area contributed by atoms with E-state index in [-0.39, 0.29) is 0 Å². The van der Waals surface area contributed by atoms with Gasteiger partial charge in [-0.2, -0.15) is 0 Å². The third-order valence-electron chi connectivity index (χ3n) is 4.39. The maximum atomic E-state index is 10.3. The van der Waals surface area contributed by atoms with Crippen LogP contribution in [-0.4, -0.2) is 22.6 Å². The molecular weight excluding hydrogens is 258 g/mol. The zero-order valence-corrected chi connectivity index (χ0v) is 13.5. The van der Waals surface area contributed by atoms with Crippen LogP contribution in [0.15, 0.2) is 36.4 Å². The zero-order valence-electron chi connectivity index (χ0n) is 13.5. The first kappa shape index (κ1) is 15.8. The highest BCUT2D eigenvalue weighted by molar-refractivity contribution is 5.87. The molecule has 2 rings (SSSR count). The summed E-state index contributed by atoms with van der Waals surface area (Å²) in [5.41, 5.74) is 1.06. The van der Waals surface area contributed by atoms with E-state index < -0.39 is 0 Å². The van der Waals surface area contributed by atoms with Crippen molar-refractivity contribution >= 4 is 10.8 Å². The minimum atomic E-state index is 0.415. The third-order valence-corrected chi connectivity index (χ3v) is 4.39. The summed E-state index contributed by atoms with van der Waals surface area (Å²) in [5.74, 6) is 0.415. The topological polar surface area (TPSA) is 23.5 Å². The van der Waals surface area contributed by atoms with Gasteiger partial charge in [-0.05, 0) is 43.1 Å². The summed E-state index contributed by atoms with van der Waals surface area (Å²) in [4.78, 5) is 2.49. The molecule has 21 heavy (non-hydrogen) atoms. The SMILES string of the molecule is CCCCN(Cc1c(O)ccc2ccccc12)C(C)CC. The Bertz CT molecular complexity index is 579. The molecule has 1 unspecified atom stereocenters. The fourth-order valence-electron chi connectivity index (χ4n) is 2.77. The summed E-state index contributed by atoms with van der Waals surface area (Å²) in [6, 6.07) is 12.7. The number of nitrogens with zero attached hydrogens (tertiary/aromatic N) is 1. The molecule has 0 saturated carbocycles. The van der Waals surface area contributed by atoms with E-state index in [2.05, 4.69) is 37.8 Å². The Balaban J connectivity index is 2.33. The number of fused-ring (bicyclic) bond motifs is 1. The number of unbranched alkanes of at least 4 members (excludes halogenated alkanes) is 1. The third kappa shape index (κ3) is 3.76. The molecule has 0 amide bonds. The molecule has 0 saturated heterocycles. The van der Waals surface area contributed by atoms with E-state index in [1.807, 2.05) is 24.3 Å². The van der Waals surface area contributed by atoms with Crippen LogP contribution < -0.4 is 0 Å². The number of hydrogen-bond acceptors (Lipinski definition) is 2. The molecule has 1 atom stereocenters. The molecule has 2 nitrogen and oxygen atoms in total. The van der Waals surface area contributed by atoms with Crippen molar-refractivity contribution in [2.24, 2.45) is 0 Å². The molecule has 0 aromatic heterocycles. The predicted octanol–water partition coefficient (Wildman–Crippen LogP) is 4.95. The molecule has 1 N–H and O–H groups in total. The van der Waals surface area contributed by atoms with Gasteiger partial charge in [0.1, 0.15) is 5.75 Å². The predicted molar refractivity (Wildman–Crippen MR) is 90.7 cm³/mol. The Morgan fingerprint density at radius 1 is 1.10 bits per heavy atom. The molecule has 0 bridgehead atoms. The van der Waals surface area contributed by atoms with Crippen molar-refractivity contribution in [1.82, 2.24) is 4.90 Å². The van der Waals surface area contributed by atoms with Crippen LogP contribution in [0.4, 0.5) is 0 Å². The van der Waals surface area contributed by atoms with Gasteiger partial charge in [-0.25, -0.2) is 0 Å². The second-order valence-electron chi connectivity index (χ2n) is 5.87. The molecule has 0 spiro atoms. The normalized spacial score (nSPS) is 13.0. The lowest BCUT2D eigenvalue weighted by atomic mass is 10.0. The summed E-state index contributed by atoms with van der Waals surface area (Å²) in [5, 5.41) is 12.7. The van der Waals surface area contributed by atoms with Gasteiger partial charge < -0.3 is 5.11 Å². The van der Waals surface area contributed by atoms with Crippen molar-refractivity contribution in [2.45, 2.75) is 52.6 Å². The number of phenolic OH excluding ortho intramolecular Hbond substituents is 1. The van der Waals surface area contributed by atoms with E-state index in [1.54, 1.807) is 0 Å². The first-order valence-corrected chi connectivity index (χ1v) is 8.11. The van der Waals surface area contributed by atoms with E-state index >= 15 is 0 Å². The molecule has 0 radical (unpaired) electrons. The zero-order chi connectivity index (χ0) is 15.2. The molecular formula is C19H27NO. The van der Waals surface area contributed by atoms with E-state index in [4.69, 9.17) is 0 Å². The highest BCUT2D eigenvalue weighted by atomic mass is 16.3. The number of phenols is 1. The van der Waals surface area contributed by atoms with Gasteiger partial charge in [0.2, 0.25) is 0 Å². The Morgan fingerprint density at radius 2 is 1.86 bits per heavy atom. The van der Waals surface area contributed by atoms with Crippen molar-refractivity contribution in [2.75, 3.05) is 6.54 Å². The van der Waals surface area contributed by atoms with Gasteiger partial charge in [-0.15, -0.1) is 0 Å². The Kier molecular flexibility index (Phi) is 5.63. The molecule has 2 heteroatoms. The fraction of sp³-hybridized carbons (Fsp3) is 0.474. The molecule has 0 aliphatic heterocycles. The lowest BCUT2D eigenvalue weighted by molar-refractivity contribution is 0.191. The average molecular weight is 285 g/mol. The minimum Gasteiger partial charge on any atom is -0.508 e. The first-order valence-electron chi connectivity index (χ1n) is 8.11. The Hall–Kier alpha value is -1.54. The number of benzene rings is 2. The highest BCUT2D eigenvalue weighted by Crippen LogP contribution is 2.29. The lowest BCUT2D eigenvalue weighted by Crippen LogP contribution is -2.33. The van der Waals surface area contributed by atoms with Crippen molar-refractivity contribution in [3.05, 3.63) is 42.0 Å². The van der Waals surface area contributed by atoms with Gasteiger partial charge in [0, 0.05) is 18.2 Å². The van der Waals surface area contributed by atoms with Crippen molar-refractivity contribution < 1.29 is 5.11 Å². The summed E-state index contributed by atoms with van der Waals surface area (Å²) >= 11 is 0. The minimum absolute atomic E-state index is 0.415. The molecule has 0 fully saturated rings. The van der Waals surface area contributed by atoms with E-state index in [0.717, 1.165) is 25.1 Å². The molecule has 114 valence electrons. The van der Waals surface area contributed by atoms with E-state index in [9.17, 15) is 5.11 Å². The van der Waals surface area contributed by atoms with Crippen LogP contribution in [0.1, 0.15) is 45.6 Å². The average Bonchev–Trinajstić information content (AvgIpc) is 2.52. The van der Waals surface area contributed by atoms with Gasteiger partial charge in [0.05, 0.1) is 0 Å². The molecule has 0 heterocycles. The Labute approximate surface area is 128 Å². The second kappa shape index (κ2) is 7.46. The van der Waals surface area contributed by atoms with Crippen LogP contribution in [0.3, 0.4) is 0 Å². The smallest absolute Gasteiger partial charge is 0.120 e. The largest absolute Gasteiger partial charge is 0.508 e. The molecule has 2 aromatic rings. The van der Waals surface area contributed by atoms with E-state index in [1.165, 1.54) is 23.6 Å². The Morgan fingerprint density at radius 3 is 2.57 bits per heavy atom.